The summed E-state index contributed by atoms with van der Waals surface area (Å²) in [5.74, 6) is -0.132. The number of para-hydroxylation sites is 4. The van der Waals surface area contributed by atoms with Crippen molar-refractivity contribution in [2.75, 3.05) is 36.0 Å². The molecular weight excluding hydrogens is 709 g/mol. The molecule has 5 aromatic rings. The molecule has 1 aromatic heterocycles. The molecule has 2 aliphatic heterocycles. The molecule has 2 saturated heterocycles. The summed E-state index contributed by atoms with van der Waals surface area (Å²) in [7, 11) is 0. The molecule has 7 rings (SSSR count). The Bertz CT molecular complexity index is 2140. The van der Waals surface area contributed by atoms with Gasteiger partial charge in [-0.3, -0.25) is 14.2 Å². The van der Waals surface area contributed by atoms with E-state index in [0.717, 1.165) is 85.9 Å². The van der Waals surface area contributed by atoms with Gasteiger partial charge in [0.15, 0.2) is 6.29 Å². The highest BCUT2D eigenvalue weighted by atomic mass is 16.7. The SMILES string of the molecule is Nc1ccccc1NC(=O)CCCCCCC(=O)Nc1cccc([C@@H]2O[C@H](CN3CCC(n4c(=O)[nH]c5ccccc54)CC3)C[C@H](c3ccc(CO)cc3)O2)c1. The molecule has 6 N–H and O–H groups in total. The van der Waals surface area contributed by atoms with E-state index >= 15 is 0 Å². The van der Waals surface area contributed by atoms with Crippen molar-refractivity contribution in [1.82, 2.24) is 14.5 Å². The van der Waals surface area contributed by atoms with Gasteiger partial charge >= 0.3 is 5.69 Å². The number of amides is 2. The lowest BCUT2D eigenvalue weighted by molar-refractivity contribution is -0.253. The minimum Gasteiger partial charge on any atom is -0.397 e. The number of nitrogen functional groups attached to an aromatic ring is 1. The summed E-state index contributed by atoms with van der Waals surface area (Å²) in [4.78, 5) is 43.5. The highest BCUT2D eigenvalue weighted by Crippen LogP contribution is 2.39. The molecule has 294 valence electrons. The molecular formula is C44H52N6O6. The number of carbonyl (C=O) groups excluding carboxylic acids is 2. The van der Waals surface area contributed by atoms with Gasteiger partial charge in [-0.25, -0.2) is 4.79 Å². The van der Waals surface area contributed by atoms with Crippen molar-refractivity contribution in [3.8, 4) is 0 Å². The van der Waals surface area contributed by atoms with Crippen LogP contribution < -0.4 is 22.1 Å². The van der Waals surface area contributed by atoms with Gasteiger partial charge in [0.05, 0.1) is 41.2 Å². The average Bonchev–Trinajstić information content (AvgIpc) is 3.56. The van der Waals surface area contributed by atoms with Crippen molar-refractivity contribution in [1.29, 1.82) is 0 Å². The number of aliphatic hydroxyl groups excluding tert-OH is 1. The number of imidazole rings is 1. The fourth-order valence-corrected chi connectivity index (χ4v) is 7.85. The van der Waals surface area contributed by atoms with Gasteiger partial charge in [0.25, 0.3) is 0 Å². The molecule has 56 heavy (non-hydrogen) atoms. The highest BCUT2D eigenvalue weighted by molar-refractivity contribution is 5.93. The zero-order chi connectivity index (χ0) is 38.9. The summed E-state index contributed by atoms with van der Waals surface area (Å²) in [5, 5.41) is 15.5. The number of aliphatic hydroxyl groups is 1. The molecule has 2 aliphatic rings. The Morgan fingerprint density at radius 2 is 1.52 bits per heavy atom. The standard InChI is InChI=1S/C44H52N6O6/c45-36-12-5-6-13-37(36)47-42(53)17-4-2-1-3-16-41(52)46-33-11-9-10-32(26-33)43-55-35(27-40(56-43)31-20-18-30(29-51)19-21-31)28-49-24-22-34(23-25-49)50-39-15-8-7-14-38(39)48-44(50)54/h5-15,18-21,26,34-35,40,43,51H,1-4,16-17,22-25,27-29,45H2,(H,46,52)(H,47,53)(H,48,54)/t35-,40+,43+/m0/s1. The average molecular weight is 761 g/mol. The number of benzene rings is 4. The predicted octanol–water partition coefficient (Wildman–Crippen LogP) is 7.20. The number of unbranched alkanes of at least 4 members (excludes halogenated alkanes) is 3. The maximum atomic E-state index is 12.9. The van der Waals surface area contributed by atoms with Gasteiger partial charge in [-0.1, -0.05) is 73.5 Å². The second kappa shape index (κ2) is 18.6. The number of H-pyrrole nitrogens is 1. The van der Waals surface area contributed by atoms with Crippen molar-refractivity contribution >= 4 is 39.9 Å². The number of nitrogens with one attached hydrogen (secondary N) is 3. The number of nitrogens with two attached hydrogens (primary N) is 1. The van der Waals surface area contributed by atoms with E-state index in [-0.39, 0.29) is 42.4 Å². The fourth-order valence-electron chi connectivity index (χ4n) is 7.85. The molecule has 12 heteroatoms. The summed E-state index contributed by atoms with van der Waals surface area (Å²) >= 11 is 0. The van der Waals surface area contributed by atoms with Crippen LogP contribution in [0.15, 0.2) is 102 Å². The van der Waals surface area contributed by atoms with Crippen LogP contribution in [0.1, 0.15) is 92.9 Å². The van der Waals surface area contributed by atoms with Crippen molar-refractivity contribution in [2.45, 2.75) is 88.9 Å². The maximum Gasteiger partial charge on any atom is 0.326 e. The normalized spacial score (nSPS) is 19.2. The number of piperidine rings is 1. The molecule has 0 saturated carbocycles. The molecule has 2 amide bonds. The predicted molar refractivity (Wildman–Crippen MR) is 218 cm³/mol. The maximum absolute atomic E-state index is 12.9. The second-order valence-corrected chi connectivity index (χ2v) is 14.9. The third-order valence-electron chi connectivity index (χ3n) is 10.9. The Morgan fingerprint density at radius 1 is 0.804 bits per heavy atom. The van der Waals surface area contributed by atoms with E-state index in [0.29, 0.717) is 36.3 Å². The van der Waals surface area contributed by atoms with Crippen LogP contribution in [0.25, 0.3) is 11.0 Å². The van der Waals surface area contributed by atoms with Crippen LogP contribution in [-0.2, 0) is 25.7 Å². The minimum atomic E-state index is -0.647. The number of carbonyl (C=O) groups is 2. The number of aromatic amines is 1. The quantitative estimate of drug-likeness (QED) is 0.0553. The first-order chi connectivity index (χ1) is 27.3. The molecule has 0 bridgehead atoms. The summed E-state index contributed by atoms with van der Waals surface area (Å²) in [6, 6.07) is 30.7. The second-order valence-electron chi connectivity index (χ2n) is 14.9. The van der Waals surface area contributed by atoms with Gasteiger partial charge < -0.3 is 40.8 Å². The number of rotatable bonds is 15. The van der Waals surface area contributed by atoms with Gasteiger partial charge in [-0.05, 0) is 73.2 Å². The highest BCUT2D eigenvalue weighted by Gasteiger charge is 2.34. The lowest BCUT2D eigenvalue weighted by atomic mass is 9.98. The fraction of sp³-hybridized carbons (Fsp3) is 0.386. The van der Waals surface area contributed by atoms with Crippen LogP contribution in [0.2, 0.25) is 0 Å². The van der Waals surface area contributed by atoms with E-state index in [2.05, 4.69) is 20.5 Å². The number of nitrogens with zero attached hydrogens (tertiary/aromatic N) is 2. The zero-order valence-corrected chi connectivity index (χ0v) is 31.7. The molecule has 0 spiro atoms. The van der Waals surface area contributed by atoms with Crippen LogP contribution in [0.4, 0.5) is 17.1 Å². The molecule has 0 unspecified atom stereocenters. The lowest BCUT2D eigenvalue weighted by Crippen LogP contribution is -2.43. The Kier molecular flexibility index (Phi) is 12.9. The first-order valence-electron chi connectivity index (χ1n) is 19.8. The summed E-state index contributed by atoms with van der Waals surface area (Å²) < 4.78 is 15.2. The minimum absolute atomic E-state index is 0.0243. The largest absolute Gasteiger partial charge is 0.397 e. The van der Waals surface area contributed by atoms with E-state index in [1.54, 1.807) is 12.1 Å². The first-order valence-corrected chi connectivity index (χ1v) is 19.8. The number of likely N-dealkylation sites (tertiary alicyclic amines) is 1. The molecule has 0 aliphatic carbocycles. The number of anilines is 3. The number of hydrogen-bond donors (Lipinski definition) is 5. The van der Waals surface area contributed by atoms with E-state index in [4.69, 9.17) is 15.2 Å². The summed E-state index contributed by atoms with van der Waals surface area (Å²) in [6.07, 6.45) is 5.35. The first kappa shape index (κ1) is 39.0. The molecule has 12 nitrogen and oxygen atoms in total. The van der Waals surface area contributed by atoms with Gasteiger partial charge in [-0.15, -0.1) is 0 Å². The number of aromatic nitrogens is 2. The van der Waals surface area contributed by atoms with E-state index in [1.165, 1.54) is 0 Å². The van der Waals surface area contributed by atoms with Crippen LogP contribution in [0.3, 0.4) is 0 Å². The molecule has 0 radical (unpaired) electrons. The van der Waals surface area contributed by atoms with Crippen LogP contribution in [0, 0.1) is 0 Å². The van der Waals surface area contributed by atoms with Crippen molar-refractivity contribution in [2.24, 2.45) is 0 Å². The Morgan fingerprint density at radius 3 is 2.27 bits per heavy atom. The van der Waals surface area contributed by atoms with E-state index < -0.39 is 6.29 Å². The van der Waals surface area contributed by atoms with Gasteiger partial charge in [-0.2, -0.15) is 0 Å². The van der Waals surface area contributed by atoms with Crippen LogP contribution in [0.5, 0.6) is 0 Å². The van der Waals surface area contributed by atoms with Crippen LogP contribution in [-0.4, -0.2) is 57.1 Å². The van der Waals surface area contributed by atoms with Gasteiger partial charge in [0, 0.05) is 56.2 Å². The van der Waals surface area contributed by atoms with E-state index in [1.807, 2.05) is 89.5 Å². The Hall–Kier alpha value is -5.27. The number of hydrogen-bond acceptors (Lipinski definition) is 8. The van der Waals surface area contributed by atoms with Crippen LogP contribution >= 0.6 is 0 Å². The number of ether oxygens (including phenoxy) is 2. The van der Waals surface area contributed by atoms with Gasteiger partial charge in [0.1, 0.15) is 0 Å². The van der Waals surface area contributed by atoms with Gasteiger partial charge in [0.2, 0.25) is 11.8 Å². The van der Waals surface area contributed by atoms with Crippen molar-refractivity contribution < 1.29 is 24.2 Å². The smallest absolute Gasteiger partial charge is 0.326 e. The lowest BCUT2D eigenvalue weighted by Gasteiger charge is -2.40. The summed E-state index contributed by atoms with van der Waals surface area (Å²) in [6.45, 7) is 2.39. The Labute approximate surface area is 327 Å². The zero-order valence-electron chi connectivity index (χ0n) is 31.7. The third-order valence-corrected chi connectivity index (χ3v) is 10.9. The molecule has 4 aromatic carbocycles. The molecule has 3 heterocycles. The topological polar surface area (TPSA) is 164 Å². The number of fused-ring (bicyclic) bond motifs is 1. The van der Waals surface area contributed by atoms with E-state index in [9.17, 15) is 19.5 Å². The molecule has 2 fully saturated rings. The third kappa shape index (κ3) is 9.93. The Balaban J connectivity index is 0.923. The monoisotopic (exact) mass is 760 g/mol. The molecule has 3 atom stereocenters. The van der Waals surface area contributed by atoms with Crippen molar-refractivity contribution in [3.05, 3.63) is 124 Å². The van der Waals surface area contributed by atoms with Crippen molar-refractivity contribution in [3.63, 3.8) is 0 Å². The summed E-state index contributed by atoms with van der Waals surface area (Å²) in [5.41, 5.74) is 12.2.